The van der Waals surface area contributed by atoms with Crippen LogP contribution in [0.2, 0.25) is 0 Å². The van der Waals surface area contributed by atoms with Gasteiger partial charge in [0.25, 0.3) is 0 Å². The fourth-order valence-corrected chi connectivity index (χ4v) is 4.37. The lowest BCUT2D eigenvalue weighted by molar-refractivity contribution is -0.145. The van der Waals surface area contributed by atoms with E-state index in [2.05, 4.69) is 0 Å². The van der Waals surface area contributed by atoms with Crippen LogP contribution in [0.1, 0.15) is 22.3 Å². The number of carbonyl (C=O) groups is 2. The Kier molecular flexibility index (Phi) is 5.07. The smallest absolute Gasteiger partial charge is 0.347 e. The standard InChI is InChI=1S/C16H19NO7S/c1-11-2-3-12(15(18)24-13-4-7-23-16(13)19)10-14(11)25(20,21)17-5-8-22-9-6-17/h2-3,10,13H,4-9H2,1H3/t13-/m1/s1. The first kappa shape index (κ1) is 17.8. The van der Waals surface area contributed by atoms with Gasteiger partial charge in [0.1, 0.15) is 0 Å². The van der Waals surface area contributed by atoms with E-state index >= 15 is 0 Å². The fourth-order valence-electron chi connectivity index (χ4n) is 2.71. The maximum atomic E-state index is 12.8. The molecule has 0 bridgehead atoms. The Balaban J connectivity index is 1.84. The molecule has 1 aromatic carbocycles. The molecule has 0 spiro atoms. The van der Waals surface area contributed by atoms with Gasteiger partial charge in [-0.1, -0.05) is 6.07 Å². The number of benzene rings is 1. The van der Waals surface area contributed by atoms with Crippen LogP contribution in [-0.4, -0.2) is 63.7 Å². The van der Waals surface area contributed by atoms with E-state index in [0.29, 0.717) is 25.2 Å². The maximum Gasteiger partial charge on any atom is 0.347 e. The van der Waals surface area contributed by atoms with Crippen molar-refractivity contribution in [2.75, 3.05) is 32.9 Å². The van der Waals surface area contributed by atoms with Crippen molar-refractivity contribution in [1.82, 2.24) is 4.31 Å². The number of hydrogen-bond acceptors (Lipinski definition) is 7. The van der Waals surface area contributed by atoms with Gasteiger partial charge in [0.05, 0.1) is 30.3 Å². The number of esters is 2. The van der Waals surface area contributed by atoms with Gasteiger partial charge in [-0.25, -0.2) is 18.0 Å². The van der Waals surface area contributed by atoms with Gasteiger partial charge in [-0.15, -0.1) is 0 Å². The Morgan fingerprint density at radius 3 is 2.60 bits per heavy atom. The Bertz CT molecular complexity index is 784. The number of aryl methyl sites for hydroxylation is 1. The highest BCUT2D eigenvalue weighted by molar-refractivity contribution is 7.89. The van der Waals surface area contributed by atoms with Gasteiger partial charge < -0.3 is 14.2 Å². The molecule has 0 amide bonds. The summed E-state index contributed by atoms with van der Waals surface area (Å²) in [6, 6.07) is 4.33. The summed E-state index contributed by atoms with van der Waals surface area (Å²) in [5.74, 6) is -1.33. The summed E-state index contributed by atoms with van der Waals surface area (Å²) >= 11 is 0. The lowest BCUT2D eigenvalue weighted by Crippen LogP contribution is -2.40. The molecule has 2 heterocycles. The quantitative estimate of drug-likeness (QED) is 0.712. The lowest BCUT2D eigenvalue weighted by Gasteiger charge is -2.26. The van der Waals surface area contributed by atoms with E-state index in [1.54, 1.807) is 13.0 Å². The lowest BCUT2D eigenvalue weighted by atomic mass is 10.1. The van der Waals surface area contributed by atoms with Crippen molar-refractivity contribution in [3.05, 3.63) is 29.3 Å². The molecular weight excluding hydrogens is 350 g/mol. The van der Waals surface area contributed by atoms with E-state index in [-0.39, 0.29) is 30.2 Å². The zero-order valence-electron chi connectivity index (χ0n) is 13.8. The molecule has 0 N–H and O–H groups in total. The maximum absolute atomic E-state index is 12.8. The molecule has 1 aromatic rings. The van der Waals surface area contributed by atoms with Crippen LogP contribution in [0.15, 0.2) is 23.1 Å². The molecule has 2 saturated heterocycles. The second kappa shape index (κ2) is 7.11. The first-order valence-corrected chi connectivity index (χ1v) is 9.40. The van der Waals surface area contributed by atoms with Gasteiger partial charge in [0.15, 0.2) is 0 Å². The van der Waals surface area contributed by atoms with Crippen LogP contribution in [0.4, 0.5) is 0 Å². The summed E-state index contributed by atoms with van der Waals surface area (Å²) in [5, 5.41) is 0. The van der Waals surface area contributed by atoms with E-state index < -0.39 is 28.1 Å². The van der Waals surface area contributed by atoms with Crippen molar-refractivity contribution < 1.29 is 32.2 Å². The summed E-state index contributed by atoms with van der Waals surface area (Å²) < 4.78 is 42.0. The van der Waals surface area contributed by atoms with Gasteiger partial charge in [-0.05, 0) is 24.6 Å². The Morgan fingerprint density at radius 1 is 1.24 bits per heavy atom. The number of rotatable bonds is 4. The fraction of sp³-hybridized carbons (Fsp3) is 0.500. The number of ether oxygens (including phenoxy) is 3. The molecule has 9 heteroatoms. The highest BCUT2D eigenvalue weighted by atomic mass is 32.2. The summed E-state index contributed by atoms with van der Waals surface area (Å²) in [6.07, 6.45) is -0.636. The SMILES string of the molecule is Cc1ccc(C(=O)O[C@@H]2CCOC2=O)cc1S(=O)(=O)N1CCOCC1. The topological polar surface area (TPSA) is 99.2 Å². The van der Waals surface area contributed by atoms with Crippen molar-refractivity contribution in [2.45, 2.75) is 24.3 Å². The van der Waals surface area contributed by atoms with Crippen molar-refractivity contribution in [3.8, 4) is 0 Å². The molecule has 2 fully saturated rings. The van der Waals surface area contributed by atoms with Crippen LogP contribution in [0.25, 0.3) is 0 Å². The minimum absolute atomic E-state index is 0.0536. The minimum atomic E-state index is -3.73. The number of cyclic esters (lactones) is 1. The molecule has 3 rings (SSSR count). The van der Waals surface area contributed by atoms with E-state index in [0.717, 1.165) is 0 Å². The van der Waals surface area contributed by atoms with Crippen LogP contribution >= 0.6 is 0 Å². The second-order valence-corrected chi connectivity index (χ2v) is 7.75. The molecular formula is C16H19NO7S. The number of hydrogen-bond donors (Lipinski definition) is 0. The molecule has 2 aliphatic heterocycles. The molecule has 0 radical (unpaired) electrons. The molecule has 0 aromatic heterocycles. The zero-order valence-corrected chi connectivity index (χ0v) is 14.6. The summed E-state index contributed by atoms with van der Waals surface area (Å²) in [7, 11) is -3.73. The largest absolute Gasteiger partial charge is 0.463 e. The number of nitrogens with zero attached hydrogens (tertiary/aromatic N) is 1. The Hall–Kier alpha value is -1.97. The van der Waals surface area contributed by atoms with Crippen molar-refractivity contribution in [3.63, 3.8) is 0 Å². The summed E-state index contributed by atoms with van der Waals surface area (Å²) in [5.41, 5.74) is 0.612. The molecule has 2 aliphatic rings. The summed E-state index contributed by atoms with van der Waals surface area (Å²) in [4.78, 5) is 23.7. The van der Waals surface area contributed by atoms with Gasteiger partial charge in [0.2, 0.25) is 16.1 Å². The first-order chi connectivity index (χ1) is 11.9. The average molecular weight is 369 g/mol. The Labute approximate surface area is 145 Å². The van der Waals surface area contributed by atoms with E-state index in [1.165, 1.54) is 16.4 Å². The summed E-state index contributed by atoms with van der Waals surface area (Å²) in [6.45, 7) is 3.08. The number of sulfonamides is 1. The first-order valence-electron chi connectivity index (χ1n) is 7.96. The van der Waals surface area contributed by atoms with Gasteiger partial charge in [-0.2, -0.15) is 4.31 Å². The highest BCUT2D eigenvalue weighted by Gasteiger charge is 2.32. The third-order valence-corrected chi connectivity index (χ3v) is 6.19. The second-order valence-electron chi connectivity index (χ2n) is 5.85. The predicted octanol–water partition coefficient (Wildman–Crippen LogP) is 0.488. The zero-order chi connectivity index (χ0) is 18.0. The molecule has 0 aliphatic carbocycles. The number of carbonyl (C=O) groups excluding carboxylic acids is 2. The van der Waals surface area contributed by atoms with Crippen molar-refractivity contribution in [2.24, 2.45) is 0 Å². The van der Waals surface area contributed by atoms with E-state index in [9.17, 15) is 18.0 Å². The van der Waals surface area contributed by atoms with E-state index in [4.69, 9.17) is 14.2 Å². The van der Waals surface area contributed by atoms with Crippen LogP contribution in [0, 0.1) is 6.92 Å². The molecule has 136 valence electrons. The molecule has 1 atom stereocenters. The minimum Gasteiger partial charge on any atom is -0.463 e. The van der Waals surface area contributed by atoms with Crippen LogP contribution in [0.5, 0.6) is 0 Å². The molecule has 25 heavy (non-hydrogen) atoms. The average Bonchev–Trinajstić information content (AvgIpc) is 3.00. The monoisotopic (exact) mass is 369 g/mol. The van der Waals surface area contributed by atoms with Gasteiger partial charge >= 0.3 is 11.9 Å². The normalized spacial score (nSPS) is 21.8. The van der Waals surface area contributed by atoms with E-state index in [1.807, 2.05) is 0 Å². The predicted molar refractivity (Wildman–Crippen MR) is 85.5 cm³/mol. The van der Waals surface area contributed by atoms with Gasteiger partial charge in [0, 0.05) is 19.5 Å². The third kappa shape index (κ3) is 3.68. The van der Waals surface area contributed by atoms with Gasteiger partial charge in [-0.3, -0.25) is 0 Å². The van der Waals surface area contributed by atoms with Crippen LogP contribution in [0.3, 0.4) is 0 Å². The van der Waals surface area contributed by atoms with Crippen LogP contribution in [-0.2, 0) is 29.0 Å². The van der Waals surface area contributed by atoms with Crippen LogP contribution < -0.4 is 0 Å². The van der Waals surface area contributed by atoms with Crippen molar-refractivity contribution >= 4 is 22.0 Å². The Morgan fingerprint density at radius 2 is 1.96 bits per heavy atom. The molecule has 8 nitrogen and oxygen atoms in total. The third-order valence-electron chi connectivity index (χ3n) is 4.15. The molecule has 0 saturated carbocycles. The van der Waals surface area contributed by atoms with Crippen molar-refractivity contribution in [1.29, 1.82) is 0 Å². The highest BCUT2D eigenvalue weighted by Crippen LogP contribution is 2.23. The number of morpholine rings is 1. The molecule has 0 unspecified atom stereocenters.